The highest BCUT2D eigenvalue weighted by molar-refractivity contribution is 6.04. The largest absolute Gasteiger partial charge is 0.0616 e. The van der Waals surface area contributed by atoms with Crippen molar-refractivity contribution in [2.75, 3.05) is 0 Å². The van der Waals surface area contributed by atoms with Crippen LogP contribution < -0.4 is 0 Å². The van der Waals surface area contributed by atoms with Gasteiger partial charge in [0, 0.05) is 0 Å². The summed E-state index contributed by atoms with van der Waals surface area (Å²) in [6.45, 7) is 4.47. The predicted molar refractivity (Wildman–Crippen MR) is 106 cm³/mol. The molecule has 0 heterocycles. The lowest BCUT2D eigenvalue weighted by atomic mass is 9.91. The molecule has 0 heteroatoms. The molecule has 0 N–H and O–H groups in total. The monoisotopic (exact) mass is 308 g/mol. The fraction of sp³-hybridized carbons (Fsp3) is 0.0833. The summed E-state index contributed by atoms with van der Waals surface area (Å²) in [7, 11) is 0. The Labute approximate surface area is 143 Å². The van der Waals surface area contributed by atoms with E-state index in [9.17, 15) is 0 Å². The smallest absolute Gasteiger partial charge is 0.0109 e. The molecule has 0 saturated carbocycles. The first kappa shape index (κ1) is 14.7. The number of fused-ring (bicyclic) bond motifs is 2. The molecule has 0 aliphatic heterocycles. The van der Waals surface area contributed by atoms with E-state index in [0.717, 1.165) is 0 Å². The summed E-state index contributed by atoms with van der Waals surface area (Å²) in [4.78, 5) is 0. The van der Waals surface area contributed by atoms with Crippen molar-refractivity contribution in [3.8, 4) is 0 Å². The molecule has 0 aliphatic rings. The van der Waals surface area contributed by atoms with Gasteiger partial charge in [-0.3, -0.25) is 0 Å². The van der Waals surface area contributed by atoms with Gasteiger partial charge in [0.25, 0.3) is 0 Å². The molecule has 0 unspecified atom stereocenters. The van der Waals surface area contributed by atoms with Gasteiger partial charge in [0.05, 0.1) is 0 Å². The Morgan fingerprint density at radius 1 is 0.458 bits per heavy atom. The molecule has 0 fully saturated rings. The second kappa shape index (κ2) is 5.98. The van der Waals surface area contributed by atoms with Gasteiger partial charge in [0.15, 0.2) is 0 Å². The van der Waals surface area contributed by atoms with Crippen LogP contribution in [0.25, 0.3) is 32.7 Å². The van der Waals surface area contributed by atoms with Gasteiger partial charge >= 0.3 is 0 Å². The van der Waals surface area contributed by atoms with Crippen LogP contribution in [-0.2, 0) is 0 Å². The molecule has 0 radical (unpaired) electrons. The fourth-order valence-electron chi connectivity index (χ4n) is 3.51. The average molecular weight is 308 g/mol. The summed E-state index contributed by atoms with van der Waals surface area (Å²) in [5, 5.41) is 5.22. The average Bonchev–Trinajstić information content (AvgIpc) is 2.66. The van der Waals surface area contributed by atoms with E-state index in [0.29, 0.717) is 0 Å². The van der Waals surface area contributed by atoms with E-state index in [4.69, 9.17) is 0 Å². The van der Waals surface area contributed by atoms with Crippen molar-refractivity contribution in [1.29, 1.82) is 0 Å². The zero-order valence-electron chi connectivity index (χ0n) is 14.1. The Morgan fingerprint density at radius 3 is 1.29 bits per heavy atom. The molecule has 0 atom stereocenters. The van der Waals surface area contributed by atoms with E-state index in [1.807, 2.05) is 0 Å². The molecule has 0 saturated heterocycles. The van der Waals surface area contributed by atoms with Crippen LogP contribution in [0.2, 0.25) is 0 Å². The normalized spacial score (nSPS) is 12.4. The molecule has 4 aromatic rings. The fourth-order valence-corrected chi connectivity index (χ4v) is 3.51. The zero-order valence-corrected chi connectivity index (χ0v) is 14.1. The van der Waals surface area contributed by atoms with Crippen LogP contribution in [0.1, 0.15) is 25.0 Å². The highest BCUT2D eigenvalue weighted by Gasteiger charge is 2.09. The molecule has 0 aromatic heterocycles. The lowest BCUT2D eigenvalue weighted by molar-refractivity contribution is 1.56. The second-order valence-electron chi connectivity index (χ2n) is 6.30. The molecule has 0 bridgehead atoms. The van der Waals surface area contributed by atoms with Gasteiger partial charge in [-0.05, 0) is 57.7 Å². The molecular formula is C24H20. The number of rotatable bonds is 2. The third-order valence-corrected chi connectivity index (χ3v) is 4.95. The van der Waals surface area contributed by atoms with Crippen molar-refractivity contribution in [3.63, 3.8) is 0 Å². The van der Waals surface area contributed by atoms with Crippen molar-refractivity contribution >= 4 is 32.7 Å². The standard InChI is InChI=1S/C24H20/c1-17(21-15-7-11-19-9-3-5-13-23(19)21)18(2)22-16-8-12-20-10-4-6-14-24(20)22/h3-16H,1-2H3/b18-17-. The minimum absolute atomic E-state index is 1.29. The van der Waals surface area contributed by atoms with E-state index >= 15 is 0 Å². The summed E-state index contributed by atoms with van der Waals surface area (Å²) in [5.41, 5.74) is 5.31. The Bertz CT molecular complexity index is 970. The minimum Gasteiger partial charge on any atom is -0.0616 e. The van der Waals surface area contributed by atoms with Crippen LogP contribution in [0.15, 0.2) is 84.9 Å². The predicted octanol–water partition coefficient (Wildman–Crippen LogP) is 6.94. The van der Waals surface area contributed by atoms with Crippen molar-refractivity contribution < 1.29 is 0 Å². The molecular weight excluding hydrogens is 288 g/mol. The van der Waals surface area contributed by atoms with Crippen molar-refractivity contribution in [2.45, 2.75) is 13.8 Å². The second-order valence-corrected chi connectivity index (χ2v) is 6.30. The molecule has 4 rings (SSSR count). The molecule has 0 spiro atoms. The first-order valence-electron chi connectivity index (χ1n) is 8.39. The minimum atomic E-state index is 1.29. The maximum atomic E-state index is 2.24. The Kier molecular flexibility index (Phi) is 3.66. The highest BCUT2D eigenvalue weighted by Crippen LogP contribution is 2.33. The van der Waals surface area contributed by atoms with Crippen molar-refractivity contribution in [1.82, 2.24) is 0 Å². The van der Waals surface area contributed by atoms with E-state index < -0.39 is 0 Å². The SMILES string of the molecule is C/C(=C(\C)c1cccc2ccccc12)c1cccc2ccccc12. The number of hydrogen-bond donors (Lipinski definition) is 0. The third-order valence-electron chi connectivity index (χ3n) is 4.95. The molecule has 24 heavy (non-hydrogen) atoms. The van der Waals surface area contributed by atoms with Crippen LogP contribution in [0.5, 0.6) is 0 Å². The summed E-state index contributed by atoms with van der Waals surface area (Å²) in [6.07, 6.45) is 0. The quantitative estimate of drug-likeness (QED) is 0.352. The van der Waals surface area contributed by atoms with Crippen LogP contribution in [0.3, 0.4) is 0 Å². The Balaban J connectivity index is 1.97. The number of benzene rings is 4. The van der Waals surface area contributed by atoms with Crippen LogP contribution in [0.4, 0.5) is 0 Å². The van der Waals surface area contributed by atoms with Crippen LogP contribution in [-0.4, -0.2) is 0 Å². The Hall–Kier alpha value is -2.86. The molecule has 0 aliphatic carbocycles. The van der Waals surface area contributed by atoms with Gasteiger partial charge in [-0.15, -0.1) is 0 Å². The molecule has 0 nitrogen and oxygen atoms in total. The first-order valence-corrected chi connectivity index (χ1v) is 8.39. The highest BCUT2D eigenvalue weighted by atomic mass is 14.1. The van der Waals surface area contributed by atoms with Crippen molar-refractivity contribution in [2.24, 2.45) is 0 Å². The van der Waals surface area contributed by atoms with Crippen LogP contribution in [0, 0.1) is 0 Å². The molecule has 4 aromatic carbocycles. The Morgan fingerprint density at radius 2 is 0.833 bits per heavy atom. The summed E-state index contributed by atoms with van der Waals surface area (Å²) < 4.78 is 0. The number of hydrogen-bond acceptors (Lipinski definition) is 0. The molecule has 0 amide bonds. The van der Waals surface area contributed by atoms with Gasteiger partial charge in [0.1, 0.15) is 0 Å². The maximum absolute atomic E-state index is 2.24. The summed E-state index contributed by atoms with van der Waals surface area (Å²) in [5.74, 6) is 0. The summed E-state index contributed by atoms with van der Waals surface area (Å²) in [6, 6.07) is 30.3. The van der Waals surface area contributed by atoms with Crippen molar-refractivity contribution in [3.05, 3.63) is 96.1 Å². The topological polar surface area (TPSA) is 0 Å². The lowest BCUT2D eigenvalue weighted by Crippen LogP contribution is -1.89. The van der Waals surface area contributed by atoms with Gasteiger partial charge in [-0.25, -0.2) is 0 Å². The maximum Gasteiger partial charge on any atom is -0.0109 e. The van der Waals surface area contributed by atoms with Gasteiger partial charge in [0.2, 0.25) is 0 Å². The van der Waals surface area contributed by atoms with E-state index in [-0.39, 0.29) is 0 Å². The van der Waals surface area contributed by atoms with Gasteiger partial charge < -0.3 is 0 Å². The van der Waals surface area contributed by atoms with Crippen LogP contribution >= 0.6 is 0 Å². The molecule has 116 valence electrons. The van der Waals surface area contributed by atoms with E-state index in [2.05, 4.69) is 98.8 Å². The first-order chi connectivity index (χ1) is 11.8. The van der Waals surface area contributed by atoms with Gasteiger partial charge in [-0.2, -0.15) is 0 Å². The third kappa shape index (κ3) is 2.41. The lowest BCUT2D eigenvalue weighted by Gasteiger charge is -2.13. The zero-order chi connectivity index (χ0) is 16.5. The summed E-state index contributed by atoms with van der Waals surface area (Å²) >= 11 is 0. The van der Waals surface area contributed by atoms with E-state index in [1.54, 1.807) is 0 Å². The van der Waals surface area contributed by atoms with E-state index in [1.165, 1.54) is 43.8 Å². The van der Waals surface area contributed by atoms with Gasteiger partial charge in [-0.1, -0.05) is 84.9 Å². The number of allylic oxidation sites excluding steroid dienone is 2.